The number of benzene rings is 2. The van der Waals surface area contributed by atoms with E-state index in [1.54, 1.807) is 25.3 Å². The van der Waals surface area contributed by atoms with Gasteiger partial charge in [0.2, 0.25) is 0 Å². The van der Waals surface area contributed by atoms with Gasteiger partial charge in [0, 0.05) is 17.8 Å². The average molecular weight is 385 g/mol. The summed E-state index contributed by atoms with van der Waals surface area (Å²) in [5.74, 6) is 0.507. The monoisotopic (exact) mass is 384 g/mol. The van der Waals surface area contributed by atoms with Crippen LogP contribution < -0.4 is 15.8 Å². The second-order valence-corrected chi connectivity index (χ2v) is 6.62. The summed E-state index contributed by atoms with van der Waals surface area (Å²) in [5, 5.41) is 5.38. The summed E-state index contributed by atoms with van der Waals surface area (Å²) in [4.78, 5) is 0.914. The van der Waals surface area contributed by atoms with Gasteiger partial charge in [0.15, 0.2) is 0 Å². The van der Waals surface area contributed by atoms with Gasteiger partial charge in [0.05, 0.1) is 12.0 Å². The molecule has 0 amide bonds. The molecule has 0 fully saturated rings. The zero-order valence-corrected chi connectivity index (χ0v) is 16.4. The van der Waals surface area contributed by atoms with Gasteiger partial charge in [-0.15, -0.1) is 0 Å². The Labute approximate surface area is 164 Å². The first-order valence-corrected chi connectivity index (χ1v) is 9.66. The lowest BCUT2D eigenvalue weighted by atomic mass is 10.1. The van der Waals surface area contributed by atoms with Crippen LogP contribution in [0.1, 0.15) is 13.3 Å². The largest absolute Gasteiger partial charge is 0.496 e. The molecular weight excluding hydrogens is 359 g/mol. The lowest BCUT2D eigenvalue weighted by Crippen LogP contribution is -2.12. The van der Waals surface area contributed by atoms with Crippen molar-refractivity contribution in [2.45, 2.75) is 18.2 Å². The zero-order valence-electron chi connectivity index (χ0n) is 15.6. The first-order valence-electron chi connectivity index (χ1n) is 8.78. The van der Waals surface area contributed by atoms with Crippen LogP contribution >= 0.6 is 11.8 Å². The molecule has 0 aromatic heterocycles. The highest BCUT2D eigenvalue weighted by Crippen LogP contribution is 2.35. The highest BCUT2D eigenvalue weighted by molar-refractivity contribution is 8.02. The fraction of sp³-hybridized carbons (Fsp3) is 0.182. The van der Waals surface area contributed by atoms with E-state index >= 15 is 0 Å². The molecule has 0 heterocycles. The van der Waals surface area contributed by atoms with Crippen LogP contribution in [0.2, 0.25) is 0 Å². The third kappa shape index (κ3) is 6.22. The molecule has 0 aliphatic rings. The molecule has 2 aromatic carbocycles. The lowest BCUT2D eigenvalue weighted by Gasteiger charge is -2.11. The van der Waals surface area contributed by atoms with Crippen LogP contribution in [0.4, 0.5) is 4.39 Å². The Hall–Kier alpha value is -2.66. The minimum Gasteiger partial charge on any atom is -0.496 e. The van der Waals surface area contributed by atoms with Gasteiger partial charge in [-0.05, 0) is 53.9 Å². The van der Waals surface area contributed by atoms with E-state index in [0.717, 1.165) is 34.9 Å². The van der Waals surface area contributed by atoms with Crippen molar-refractivity contribution >= 4 is 11.8 Å². The van der Waals surface area contributed by atoms with E-state index < -0.39 is 0 Å². The number of methoxy groups -OCH3 is 1. The van der Waals surface area contributed by atoms with Crippen LogP contribution in [-0.2, 0) is 0 Å². The maximum absolute atomic E-state index is 14.1. The van der Waals surface area contributed by atoms with Gasteiger partial charge < -0.3 is 15.8 Å². The number of nitrogens with two attached hydrogens (primary N) is 1. The van der Waals surface area contributed by atoms with Gasteiger partial charge in [-0.3, -0.25) is 0 Å². The fourth-order valence-corrected chi connectivity index (χ4v) is 3.27. The summed E-state index contributed by atoms with van der Waals surface area (Å²) in [6, 6.07) is 12.4. The van der Waals surface area contributed by atoms with Crippen molar-refractivity contribution in [2.75, 3.05) is 13.7 Å². The molecule has 3 nitrogen and oxygen atoms in total. The fourth-order valence-electron chi connectivity index (χ4n) is 2.39. The van der Waals surface area contributed by atoms with Gasteiger partial charge in [-0.1, -0.05) is 49.0 Å². The highest BCUT2D eigenvalue weighted by Gasteiger charge is 2.09. The van der Waals surface area contributed by atoms with Crippen molar-refractivity contribution in [3.63, 3.8) is 0 Å². The Morgan fingerprint density at radius 2 is 2.04 bits per heavy atom. The van der Waals surface area contributed by atoms with Crippen LogP contribution in [0, 0.1) is 5.82 Å². The topological polar surface area (TPSA) is 47.3 Å². The quantitative estimate of drug-likeness (QED) is 0.445. The summed E-state index contributed by atoms with van der Waals surface area (Å²) >= 11 is 1.52. The summed E-state index contributed by atoms with van der Waals surface area (Å²) in [5.41, 5.74) is 7.74. The van der Waals surface area contributed by atoms with Crippen LogP contribution in [-0.4, -0.2) is 13.7 Å². The molecule has 0 unspecified atom stereocenters. The Morgan fingerprint density at radius 3 is 2.74 bits per heavy atom. The molecule has 0 saturated heterocycles. The van der Waals surface area contributed by atoms with Crippen LogP contribution in [0.3, 0.4) is 0 Å². The van der Waals surface area contributed by atoms with Crippen LogP contribution in [0.15, 0.2) is 82.9 Å². The van der Waals surface area contributed by atoms with Gasteiger partial charge in [0.25, 0.3) is 0 Å². The van der Waals surface area contributed by atoms with Crippen LogP contribution in [0.5, 0.6) is 5.75 Å². The third-order valence-electron chi connectivity index (χ3n) is 3.74. The van der Waals surface area contributed by atoms with Gasteiger partial charge in [-0.2, -0.15) is 0 Å². The smallest absolute Gasteiger partial charge is 0.132 e. The van der Waals surface area contributed by atoms with Crippen molar-refractivity contribution in [1.82, 2.24) is 5.32 Å². The first kappa shape index (κ1) is 20.6. The molecule has 142 valence electrons. The normalized spacial score (nSPS) is 12.0. The van der Waals surface area contributed by atoms with Crippen LogP contribution in [0.25, 0.3) is 11.1 Å². The minimum absolute atomic E-state index is 0.240. The SMILES string of the molecule is CCCNC(/C=C\C=C\N)=C/Sc1cc(-c2ccccc2F)ccc1OC. The summed E-state index contributed by atoms with van der Waals surface area (Å²) in [6.45, 7) is 2.98. The summed E-state index contributed by atoms with van der Waals surface area (Å²) in [7, 11) is 1.63. The molecule has 2 rings (SSSR count). The van der Waals surface area contributed by atoms with E-state index in [1.807, 2.05) is 41.8 Å². The predicted molar refractivity (Wildman–Crippen MR) is 113 cm³/mol. The summed E-state index contributed by atoms with van der Waals surface area (Å²) < 4.78 is 19.6. The number of hydrogen-bond acceptors (Lipinski definition) is 4. The lowest BCUT2D eigenvalue weighted by molar-refractivity contribution is 0.405. The van der Waals surface area contributed by atoms with E-state index in [4.69, 9.17) is 10.5 Å². The summed E-state index contributed by atoms with van der Waals surface area (Å²) in [6.07, 6.45) is 8.11. The van der Waals surface area contributed by atoms with E-state index in [9.17, 15) is 4.39 Å². The third-order valence-corrected chi connectivity index (χ3v) is 4.68. The van der Waals surface area contributed by atoms with E-state index in [-0.39, 0.29) is 5.82 Å². The highest BCUT2D eigenvalue weighted by atomic mass is 32.2. The Bertz CT molecular complexity index is 831. The second-order valence-electron chi connectivity index (χ2n) is 5.71. The van der Waals surface area contributed by atoms with Crippen molar-refractivity contribution in [1.29, 1.82) is 0 Å². The molecule has 0 spiro atoms. The van der Waals surface area contributed by atoms with Crippen molar-refractivity contribution < 1.29 is 9.13 Å². The molecule has 0 saturated carbocycles. The van der Waals surface area contributed by atoms with Gasteiger partial charge >= 0.3 is 0 Å². The molecule has 27 heavy (non-hydrogen) atoms. The molecule has 5 heteroatoms. The van der Waals surface area contributed by atoms with Crippen molar-refractivity contribution in [2.24, 2.45) is 5.73 Å². The van der Waals surface area contributed by atoms with E-state index in [2.05, 4.69) is 12.2 Å². The van der Waals surface area contributed by atoms with Gasteiger partial charge in [-0.25, -0.2) is 4.39 Å². The molecule has 2 aromatic rings. The Kier molecular flexibility index (Phi) is 8.52. The number of hydrogen-bond donors (Lipinski definition) is 2. The number of allylic oxidation sites excluding steroid dienone is 3. The molecule has 0 aliphatic carbocycles. The number of ether oxygens (including phenoxy) is 1. The number of rotatable bonds is 9. The second kappa shape index (κ2) is 11.1. The van der Waals surface area contributed by atoms with Crippen molar-refractivity contribution in [3.05, 3.63) is 83.8 Å². The maximum atomic E-state index is 14.1. The van der Waals surface area contributed by atoms with E-state index in [1.165, 1.54) is 24.0 Å². The average Bonchev–Trinajstić information content (AvgIpc) is 2.70. The Balaban J connectivity index is 2.31. The number of halogens is 1. The molecule has 0 aliphatic heterocycles. The minimum atomic E-state index is -0.240. The predicted octanol–water partition coefficient (Wildman–Crippen LogP) is 5.46. The molecular formula is C22H25FN2OS. The van der Waals surface area contributed by atoms with Crippen molar-refractivity contribution in [3.8, 4) is 16.9 Å². The standard InChI is InChI=1S/C22H25FN2OS/c1-3-14-25-18(8-6-7-13-24)16-27-22-15-17(11-12-21(22)26-2)19-9-4-5-10-20(19)23/h4-13,15-16,25H,3,14,24H2,1-2H3/b8-6-,13-7+,18-16+. The molecule has 0 radical (unpaired) electrons. The molecule has 3 N–H and O–H groups in total. The number of nitrogens with one attached hydrogen (secondary N) is 1. The number of thioether (sulfide) groups is 1. The first-order chi connectivity index (χ1) is 13.2. The Morgan fingerprint density at radius 1 is 1.22 bits per heavy atom. The van der Waals surface area contributed by atoms with Gasteiger partial charge in [0.1, 0.15) is 11.6 Å². The maximum Gasteiger partial charge on any atom is 0.132 e. The molecule has 0 atom stereocenters. The van der Waals surface area contributed by atoms with E-state index in [0.29, 0.717) is 5.56 Å². The molecule has 0 bridgehead atoms. The zero-order chi connectivity index (χ0) is 19.5.